The first-order valence-corrected chi connectivity index (χ1v) is 6.30. The number of para-hydroxylation sites is 1. The normalized spacial score (nSPS) is 15.1. The van der Waals surface area contributed by atoms with Gasteiger partial charge in [0.25, 0.3) is 0 Å². The molecule has 16 heavy (non-hydrogen) atoms. The van der Waals surface area contributed by atoms with E-state index in [-0.39, 0.29) is 0 Å². The van der Waals surface area contributed by atoms with Crippen LogP contribution in [-0.2, 0) is 0 Å². The number of hydrogen-bond acceptors (Lipinski definition) is 1. The fourth-order valence-corrected chi connectivity index (χ4v) is 2.07. The maximum atomic E-state index is 10.3. The van der Waals surface area contributed by atoms with Crippen molar-refractivity contribution < 1.29 is 5.11 Å². The van der Waals surface area contributed by atoms with Crippen LogP contribution in [0.3, 0.4) is 0 Å². The van der Waals surface area contributed by atoms with Gasteiger partial charge in [0, 0.05) is 0 Å². The molecule has 0 radical (unpaired) electrons. The van der Waals surface area contributed by atoms with Gasteiger partial charge in [-0.05, 0) is 28.9 Å². The maximum absolute atomic E-state index is 10.3. The van der Waals surface area contributed by atoms with Gasteiger partial charge in [-0.15, -0.1) is 0 Å². The summed E-state index contributed by atoms with van der Waals surface area (Å²) in [6, 6.07) is 6.13. The minimum Gasteiger partial charge on any atom is -0.507 e. The Balaban J connectivity index is 3.10. The van der Waals surface area contributed by atoms with E-state index in [1.807, 2.05) is 6.07 Å². The van der Waals surface area contributed by atoms with Gasteiger partial charge in [-0.3, -0.25) is 0 Å². The van der Waals surface area contributed by atoms with Gasteiger partial charge in [0.1, 0.15) is 5.75 Å². The van der Waals surface area contributed by atoms with Crippen LogP contribution in [0.4, 0.5) is 0 Å². The zero-order chi connectivity index (χ0) is 12.3. The molecule has 1 heteroatoms. The lowest BCUT2D eigenvalue weighted by molar-refractivity contribution is 0.422. The molecule has 1 N–H and O–H groups in total. The lowest BCUT2D eigenvalue weighted by Crippen LogP contribution is -2.06. The SMILES string of the molecule is CCC(C)C(C)c1cccc(C(C)C)c1O. The highest BCUT2D eigenvalue weighted by Crippen LogP contribution is 2.36. The summed E-state index contributed by atoms with van der Waals surface area (Å²) in [5, 5.41) is 10.3. The zero-order valence-electron chi connectivity index (χ0n) is 11.1. The summed E-state index contributed by atoms with van der Waals surface area (Å²) in [5.41, 5.74) is 2.16. The number of hydrogen-bond donors (Lipinski definition) is 1. The van der Waals surface area contributed by atoms with E-state index in [1.165, 1.54) is 0 Å². The molecule has 2 unspecified atom stereocenters. The van der Waals surface area contributed by atoms with Crippen LogP contribution in [0.15, 0.2) is 18.2 Å². The van der Waals surface area contributed by atoms with Crippen molar-refractivity contribution in [2.24, 2.45) is 5.92 Å². The third kappa shape index (κ3) is 2.58. The van der Waals surface area contributed by atoms with Crippen LogP contribution in [0.2, 0.25) is 0 Å². The highest BCUT2D eigenvalue weighted by molar-refractivity contribution is 5.43. The largest absolute Gasteiger partial charge is 0.507 e. The highest BCUT2D eigenvalue weighted by Gasteiger charge is 2.18. The Hall–Kier alpha value is -0.980. The van der Waals surface area contributed by atoms with Crippen LogP contribution in [0.1, 0.15) is 64.0 Å². The monoisotopic (exact) mass is 220 g/mol. The molecule has 0 saturated carbocycles. The van der Waals surface area contributed by atoms with Crippen LogP contribution in [0.25, 0.3) is 0 Å². The molecule has 0 fully saturated rings. The van der Waals surface area contributed by atoms with E-state index in [0.717, 1.165) is 17.5 Å². The Bertz CT molecular complexity index is 341. The minimum absolute atomic E-state index is 0.379. The molecule has 0 spiro atoms. The molecule has 1 nitrogen and oxygen atoms in total. The zero-order valence-corrected chi connectivity index (χ0v) is 11.1. The maximum Gasteiger partial charge on any atom is 0.122 e. The van der Waals surface area contributed by atoms with Crippen molar-refractivity contribution in [1.29, 1.82) is 0 Å². The van der Waals surface area contributed by atoms with E-state index in [4.69, 9.17) is 0 Å². The van der Waals surface area contributed by atoms with E-state index in [0.29, 0.717) is 23.5 Å². The second kappa shape index (κ2) is 5.38. The molecule has 0 aliphatic heterocycles. The molecule has 2 atom stereocenters. The Labute approximate surface area is 99.5 Å². The molecule has 0 aliphatic rings. The van der Waals surface area contributed by atoms with E-state index in [9.17, 15) is 5.11 Å². The average molecular weight is 220 g/mol. The summed E-state index contributed by atoms with van der Waals surface area (Å²) in [5.74, 6) is 1.91. The molecule has 0 aliphatic carbocycles. The average Bonchev–Trinajstić information content (AvgIpc) is 2.27. The van der Waals surface area contributed by atoms with Crippen LogP contribution < -0.4 is 0 Å². The number of phenolic OH excluding ortho intramolecular Hbond substituents is 1. The van der Waals surface area contributed by atoms with E-state index in [2.05, 4.69) is 46.8 Å². The van der Waals surface area contributed by atoms with Crippen molar-refractivity contribution in [3.63, 3.8) is 0 Å². The summed E-state index contributed by atoms with van der Waals surface area (Å²) in [7, 11) is 0. The Morgan fingerprint density at radius 3 is 2.12 bits per heavy atom. The van der Waals surface area contributed by atoms with E-state index >= 15 is 0 Å². The molecule has 1 aromatic carbocycles. The first-order chi connectivity index (χ1) is 7.49. The quantitative estimate of drug-likeness (QED) is 0.782. The lowest BCUT2D eigenvalue weighted by Gasteiger charge is -2.22. The summed E-state index contributed by atoms with van der Waals surface area (Å²) < 4.78 is 0. The van der Waals surface area contributed by atoms with Gasteiger partial charge in [0.2, 0.25) is 0 Å². The third-order valence-electron chi connectivity index (χ3n) is 3.71. The van der Waals surface area contributed by atoms with Crippen molar-refractivity contribution in [2.45, 2.75) is 52.9 Å². The molecular weight excluding hydrogens is 196 g/mol. The van der Waals surface area contributed by atoms with Crippen molar-refractivity contribution in [1.82, 2.24) is 0 Å². The van der Waals surface area contributed by atoms with Gasteiger partial charge in [-0.25, -0.2) is 0 Å². The fraction of sp³-hybridized carbons (Fsp3) is 0.600. The van der Waals surface area contributed by atoms with Crippen molar-refractivity contribution in [3.05, 3.63) is 29.3 Å². The summed E-state index contributed by atoms with van der Waals surface area (Å²) in [6.45, 7) is 10.9. The predicted octanol–water partition coefficient (Wildman–Crippen LogP) is 4.67. The first-order valence-electron chi connectivity index (χ1n) is 6.30. The second-order valence-electron chi connectivity index (χ2n) is 5.11. The Morgan fingerprint density at radius 1 is 1.06 bits per heavy atom. The number of rotatable bonds is 4. The molecule has 1 aromatic rings. The van der Waals surface area contributed by atoms with Crippen LogP contribution >= 0.6 is 0 Å². The van der Waals surface area contributed by atoms with Crippen LogP contribution in [-0.4, -0.2) is 5.11 Å². The highest BCUT2D eigenvalue weighted by atomic mass is 16.3. The molecule has 0 saturated heterocycles. The van der Waals surface area contributed by atoms with Crippen LogP contribution in [0.5, 0.6) is 5.75 Å². The van der Waals surface area contributed by atoms with Crippen molar-refractivity contribution in [2.75, 3.05) is 0 Å². The lowest BCUT2D eigenvalue weighted by atomic mass is 9.85. The Kier molecular flexibility index (Phi) is 4.40. The predicted molar refractivity (Wildman–Crippen MR) is 70.1 cm³/mol. The molecule has 0 aromatic heterocycles. The standard InChI is InChI=1S/C15H24O/c1-6-11(4)12(5)14-9-7-8-13(10(2)3)15(14)16/h7-12,16H,6H2,1-5H3. The topological polar surface area (TPSA) is 20.2 Å². The summed E-state index contributed by atoms with van der Waals surface area (Å²) in [4.78, 5) is 0. The van der Waals surface area contributed by atoms with Gasteiger partial charge in [0.15, 0.2) is 0 Å². The number of phenols is 1. The van der Waals surface area contributed by atoms with Crippen molar-refractivity contribution in [3.8, 4) is 5.75 Å². The van der Waals surface area contributed by atoms with E-state index < -0.39 is 0 Å². The molecule has 0 amide bonds. The molecule has 0 bridgehead atoms. The third-order valence-corrected chi connectivity index (χ3v) is 3.71. The number of benzene rings is 1. The van der Waals surface area contributed by atoms with Gasteiger partial charge in [0.05, 0.1) is 0 Å². The van der Waals surface area contributed by atoms with Gasteiger partial charge in [-0.1, -0.05) is 59.2 Å². The molecular formula is C15H24O. The Morgan fingerprint density at radius 2 is 1.62 bits per heavy atom. The first kappa shape index (κ1) is 13.1. The van der Waals surface area contributed by atoms with E-state index in [1.54, 1.807) is 0 Å². The smallest absolute Gasteiger partial charge is 0.122 e. The minimum atomic E-state index is 0.379. The van der Waals surface area contributed by atoms with Gasteiger partial charge in [-0.2, -0.15) is 0 Å². The summed E-state index contributed by atoms with van der Waals surface area (Å²) in [6.07, 6.45) is 1.15. The van der Waals surface area contributed by atoms with Gasteiger partial charge >= 0.3 is 0 Å². The molecule has 1 rings (SSSR count). The van der Waals surface area contributed by atoms with Crippen molar-refractivity contribution >= 4 is 0 Å². The number of aromatic hydroxyl groups is 1. The molecule has 0 heterocycles. The van der Waals surface area contributed by atoms with Gasteiger partial charge < -0.3 is 5.11 Å². The summed E-state index contributed by atoms with van der Waals surface area (Å²) >= 11 is 0. The molecule has 90 valence electrons. The fourth-order valence-electron chi connectivity index (χ4n) is 2.07. The second-order valence-corrected chi connectivity index (χ2v) is 5.11. The van der Waals surface area contributed by atoms with Crippen LogP contribution in [0, 0.1) is 5.92 Å².